The van der Waals surface area contributed by atoms with Gasteiger partial charge in [0.2, 0.25) is 6.79 Å². The molecule has 0 atom stereocenters. The van der Waals surface area contributed by atoms with E-state index in [-0.39, 0.29) is 6.79 Å². The van der Waals surface area contributed by atoms with Crippen molar-refractivity contribution in [1.82, 2.24) is 0 Å². The minimum Gasteiger partial charge on any atom is -0.481 e. The number of ether oxygens (including phenoxy) is 2. The third-order valence-corrected chi connectivity index (χ3v) is 4.49. The molecule has 1 saturated carbocycles. The summed E-state index contributed by atoms with van der Waals surface area (Å²) in [7, 11) is 0. The molecule has 1 heterocycles. The van der Waals surface area contributed by atoms with Gasteiger partial charge < -0.3 is 14.6 Å². The molecule has 1 N–H and O–H groups in total. The van der Waals surface area contributed by atoms with Gasteiger partial charge in [0, 0.05) is 0 Å². The molecule has 2 aliphatic rings. The summed E-state index contributed by atoms with van der Waals surface area (Å²) >= 11 is 6.35. The van der Waals surface area contributed by atoms with E-state index in [1.165, 1.54) is 0 Å². The number of carboxylic acid groups (broad SMARTS) is 1. The zero-order valence-corrected chi connectivity index (χ0v) is 11.2. The molecule has 0 saturated heterocycles. The van der Waals surface area contributed by atoms with Gasteiger partial charge in [0.25, 0.3) is 0 Å². The second-order valence-corrected chi connectivity index (χ2v) is 5.49. The van der Waals surface area contributed by atoms with Crippen molar-refractivity contribution < 1.29 is 19.4 Å². The van der Waals surface area contributed by atoms with Crippen molar-refractivity contribution >= 4 is 17.6 Å². The number of rotatable bonds is 2. The molecule has 3 rings (SSSR count). The van der Waals surface area contributed by atoms with Crippen molar-refractivity contribution in [3.63, 3.8) is 0 Å². The van der Waals surface area contributed by atoms with E-state index in [9.17, 15) is 9.90 Å². The van der Waals surface area contributed by atoms with Gasteiger partial charge in [-0.05, 0) is 24.5 Å². The lowest BCUT2D eigenvalue weighted by Crippen LogP contribution is -2.38. The molecule has 0 spiro atoms. The number of fused-ring (bicyclic) bond motifs is 1. The van der Waals surface area contributed by atoms with Crippen LogP contribution in [0.15, 0.2) is 12.1 Å². The summed E-state index contributed by atoms with van der Waals surface area (Å²) in [6.07, 6.45) is 4.16. The van der Waals surface area contributed by atoms with Crippen LogP contribution in [0.4, 0.5) is 0 Å². The van der Waals surface area contributed by atoms with Crippen molar-refractivity contribution in [2.24, 2.45) is 0 Å². The number of carbonyl (C=O) groups is 1. The van der Waals surface area contributed by atoms with Crippen LogP contribution in [0, 0.1) is 0 Å². The van der Waals surface area contributed by atoms with Gasteiger partial charge in [-0.15, -0.1) is 0 Å². The van der Waals surface area contributed by atoms with Crippen LogP contribution < -0.4 is 9.47 Å². The van der Waals surface area contributed by atoms with Crippen LogP contribution in [0.1, 0.15) is 37.7 Å². The summed E-state index contributed by atoms with van der Waals surface area (Å²) < 4.78 is 10.6. The van der Waals surface area contributed by atoms with E-state index >= 15 is 0 Å². The molecule has 102 valence electrons. The Morgan fingerprint density at radius 2 is 1.95 bits per heavy atom. The number of benzene rings is 1. The number of hydrogen-bond acceptors (Lipinski definition) is 3. The van der Waals surface area contributed by atoms with E-state index < -0.39 is 11.4 Å². The van der Waals surface area contributed by atoms with E-state index in [1.807, 2.05) is 0 Å². The van der Waals surface area contributed by atoms with E-state index in [0.29, 0.717) is 34.9 Å². The second kappa shape index (κ2) is 4.60. The summed E-state index contributed by atoms with van der Waals surface area (Å²) in [5.74, 6) is 0.267. The molecule has 4 nitrogen and oxygen atoms in total. The van der Waals surface area contributed by atoms with Gasteiger partial charge in [0.1, 0.15) is 0 Å². The van der Waals surface area contributed by atoms with Crippen molar-refractivity contribution in [3.05, 3.63) is 22.7 Å². The molecule has 1 aliphatic carbocycles. The Morgan fingerprint density at radius 1 is 1.21 bits per heavy atom. The number of halogens is 1. The quantitative estimate of drug-likeness (QED) is 0.904. The molecule has 0 radical (unpaired) electrons. The van der Waals surface area contributed by atoms with Crippen LogP contribution in [-0.2, 0) is 10.2 Å². The Hall–Kier alpha value is -1.42. The molecule has 1 aromatic rings. The fraction of sp³-hybridized carbons (Fsp3) is 0.500. The van der Waals surface area contributed by atoms with Crippen LogP contribution in [0.25, 0.3) is 0 Å². The lowest BCUT2D eigenvalue weighted by atomic mass is 9.69. The maximum Gasteiger partial charge on any atom is 0.314 e. The molecular formula is C14H15ClO4. The molecule has 19 heavy (non-hydrogen) atoms. The second-order valence-electron chi connectivity index (χ2n) is 5.11. The van der Waals surface area contributed by atoms with Crippen molar-refractivity contribution in [3.8, 4) is 11.5 Å². The Kier molecular flexibility index (Phi) is 3.05. The molecule has 0 aromatic heterocycles. The zero-order chi connectivity index (χ0) is 13.5. The lowest BCUT2D eigenvalue weighted by molar-refractivity contribution is -0.145. The minimum absolute atomic E-state index is 0.137. The largest absolute Gasteiger partial charge is 0.481 e. The predicted octanol–water partition coefficient (Wildman–Crippen LogP) is 3.36. The van der Waals surface area contributed by atoms with E-state index in [4.69, 9.17) is 21.1 Å². The summed E-state index contributed by atoms with van der Waals surface area (Å²) in [4.78, 5) is 11.8. The normalized spacial score (nSPS) is 20.3. The van der Waals surface area contributed by atoms with Crippen molar-refractivity contribution in [2.75, 3.05) is 6.79 Å². The van der Waals surface area contributed by atoms with Crippen LogP contribution in [0.2, 0.25) is 5.02 Å². The molecule has 1 aliphatic heterocycles. The fourth-order valence-corrected chi connectivity index (χ4v) is 3.45. The van der Waals surface area contributed by atoms with E-state index in [0.717, 1.165) is 19.3 Å². The molecule has 0 unspecified atom stereocenters. The summed E-state index contributed by atoms with van der Waals surface area (Å²) in [5.41, 5.74) is -0.221. The van der Waals surface area contributed by atoms with Crippen LogP contribution in [-0.4, -0.2) is 17.9 Å². The molecule has 1 fully saturated rings. The number of hydrogen-bond donors (Lipinski definition) is 1. The fourth-order valence-electron chi connectivity index (χ4n) is 3.06. The smallest absolute Gasteiger partial charge is 0.314 e. The first-order valence-electron chi connectivity index (χ1n) is 6.47. The highest BCUT2D eigenvalue weighted by atomic mass is 35.5. The summed E-state index contributed by atoms with van der Waals surface area (Å²) in [6.45, 7) is 0.137. The standard InChI is InChI=1S/C14H15ClO4/c15-11-9(4-5-10-12(11)19-8-18-10)14(13(16)17)6-2-1-3-7-14/h4-5H,1-3,6-8H2,(H,16,17). The predicted molar refractivity (Wildman–Crippen MR) is 70.0 cm³/mol. The third kappa shape index (κ3) is 1.86. The number of aliphatic carboxylic acids is 1. The average molecular weight is 283 g/mol. The highest BCUT2D eigenvalue weighted by molar-refractivity contribution is 6.33. The first-order valence-corrected chi connectivity index (χ1v) is 6.85. The van der Waals surface area contributed by atoms with Crippen LogP contribution >= 0.6 is 11.6 Å². The van der Waals surface area contributed by atoms with Crippen LogP contribution in [0.3, 0.4) is 0 Å². The molecule has 0 bridgehead atoms. The van der Waals surface area contributed by atoms with Gasteiger partial charge in [0.05, 0.1) is 10.4 Å². The summed E-state index contributed by atoms with van der Waals surface area (Å²) in [6, 6.07) is 3.53. The molecule has 1 aromatic carbocycles. The molecular weight excluding hydrogens is 268 g/mol. The molecule has 0 amide bonds. The summed E-state index contributed by atoms with van der Waals surface area (Å²) in [5, 5.41) is 10.1. The zero-order valence-electron chi connectivity index (χ0n) is 10.4. The topological polar surface area (TPSA) is 55.8 Å². The van der Waals surface area contributed by atoms with Gasteiger partial charge in [-0.25, -0.2) is 0 Å². The first kappa shape index (κ1) is 12.6. The first-order chi connectivity index (χ1) is 9.15. The highest BCUT2D eigenvalue weighted by Crippen LogP contribution is 2.49. The van der Waals surface area contributed by atoms with Crippen LogP contribution in [0.5, 0.6) is 11.5 Å². The Bertz CT molecular complexity index is 520. The van der Waals surface area contributed by atoms with Gasteiger partial charge >= 0.3 is 5.97 Å². The lowest BCUT2D eigenvalue weighted by Gasteiger charge is -2.34. The molecule has 5 heteroatoms. The van der Waals surface area contributed by atoms with Gasteiger partial charge in [-0.3, -0.25) is 4.79 Å². The van der Waals surface area contributed by atoms with E-state index in [2.05, 4.69) is 0 Å². The number of carboxylic acids is 1. The average Bonchev–Trinajstić information content (AvgIpc) is 2.89. The van der Waals surface area contributed by atoms with E-state index in [1.54, 1.807) is 12.1 Å². The maximum absolute atomic E-state index is 11.8. The minimum atomic E-state index is -0.879. The van der Waals surface area contributed by atoms with Crippen molar-refractivity contribution in [1.29, 1.82) is 0 Å². The Balaban J connectivity index is 2.11. The third-order valence-electron chi connectivity index (χ3n) is 4.11. The SMILES string of the molecule is O=C(O)C1(c2ccc3c(c2Cl)OCO3)CCCCC1. The monoisotopic (exact) mass is 282 g/mol. The van der Waals surface area contributed by atoms with Gasteiger partial charge in [-0.2, -0.15) is 0 Å². The van der Waals surface area contributed by atoms with Gasteiger partial charge in [-0.1, -0.05) is 36.9 Å². The Morgan fingerprint density at radius 3 is 2.63 bits per heavy atom. The van der Waals surface area contributed by atoms with Crippen molar-refractivity contribution in [2.45, 2.75) is 37.5 Å². The highest BCUT2D eigenvalue weighted by Gasteiger charge is 2.43. The van der Waals surface area contributed by atoms with Gasteiger partial charge in [0.15, 0.2) is 11.5 Å². The Labute approximate surface area is 116 Å². The maximum atomic E-state index is 11.8.